The van der Waals surface area contributed by atoms with E-state index in [0.29, 0.717) is 12.8 Å². The molecule has 0 saturated carbocycles. The Kier molecular flexibility index (Phi) is 4.06. The first-order valence-corrected chi connectivity index (χ1v) is 8.11. The summed E-state index contributed by atoms with van der Waals surface area (Å²) in [6.45, 7) is 9.55. The maximum atomic E-state index is 10.9. The Bertz CT molecular complexity index is 680. The molecule has 0 radical (unpaired) electrons. The summed E-state index contributed by atoms with van der Waals surface area (Å²) >= 11 is 0. The second-order valence-electron chi connectivity index (χ2n) is 6.56. The summed E-state index contributed by atoms with van der Waals surface area (Å²) < 4.78 is 0. The fourth-order valence-corrected chi connectivity index (χ4v) is 2.97. The molecule has 23 heavy (non-hydrogen) atoms. The van der Waals surface area contributed by atoms with Crippen molar-refractivity contribution in [3.05, 3.63) is 46.5 Å². The van der Waals surface area contributed by atoms with Gasteiger partial charge in [0.1, 0.15) is 5.60 Å². The van der Waals surface area contributed by atoms with Crippen LogP contribution in [0.1, 0.15) is 41.1 Å². The highest BCUT2D eigenvalue weighted by molar-refractivity contribution is 5.37. The molecule has 3 rings (SSSR count). The number of aromatic nitrogens is 3. The predicted octanol–water partition coefficient (Wildman–Crippen LogP) is 2.59. The quantitative estimate of drug-likeness (QED) is 0.923. The standard InChI is InChI=1S/C18H24N4O/c1-12-5-6-16(19-11-12)18(23)7-9-22(10-8-18)17-20-14(3)13(2)15(4)21-17/h5-6,11,23H,7-10H2,1-4H3. The minimum atomic E-state index is -0.848. The number of aryl methyl sites for hydroxylation is 3. The molecular weight excluding hydrogens is 288 g/mol. The molecule has 122 valence electrons. The second kappa shape index (κ2) is 5.89. The van der Waals surface area contributed by atoms with Crippen LogP contribution in [0.25, 0.3) is 0 Å². The minimum Gasteiger partial charge on any atom is -0.383 e. The van der Waals surface area contributed by atoms with E-state index in [4.69, 9.17) is 0 Å². The van der Waals surface area contributed by atoms with Crippen LogP contribution in [-0.2, 0) is 5.60 Å². The van der Waals surface area contributed by atoms with Crippen molar-refractivity contribution in [2.45, 2.75) is 46.1 Å². The SMILES string of the molecule is Cc1ccc(C2(O)CCN(c3nc(C)c(C)c(C)n3)CC2)nc1. The molecule has 0 bridgehead atoms. The zero-order chi connectivity index (χ0) is 16.6. The van der Waals surface area contributed by atoms with Gasteiger partial charge in [0, 0.05) is 30.7 Å². The highest BCUT2D eigenvalue weighted by Crippen LogP contribution is 2.32. The number of hydrogen-bond donors (Lipinski definition) is 1. The van der Waals surface area contributed by atoms with E-state index in [2.05, 4.69) is 19.9 Å². The molecule has 1 aliphatic heterocycles. The number of rotatable bonds is 2. The molecule has 0 unspecified atom stereocenters. The summed E-state index contributed by atoms with van der Waals surface area (Å²) in [5.41, 5.74) is 4.21. The summed E-state index contributed by atoms with van der Waals surface area (Å²) in [7, 11) is 0. The van der Waals surface area contributed by atoms with Crippen LogP contribution in [0.4, 0.5) is 5.95 Å². The molecule has 0 aromatic carbocycles. The van der Waals surface area contributed by atoms with Gasteiger partial charge in [-0.3, -0.25) is 4.98 Å². The molecular formula is C18H24N4O. The van der Waals surface area contributed by atoms with Crippen molar-refractivity contribution >= 4 is 5.95 Å². The Labute approximate surface area is 137 Å². The van der Waals surface area contributed by atoms with Gasteiger partial charge in [-0.1, -0.05) is 6.07 Å². The Morgan fingerprint density at radius 2 is 1.61 bits per heavy atom. The lowest BCUT2D eigenvalue weighted by molar-refractivity contribution is 0.00735. The maximum Gasteiger partial charge on any atom is 0.225 e. The minimum absolute atomic E-state index is 0.637. The number of aliphatic hydroxyl groups is 1. The van der Waals surface area contributed by atoms with E-state index in [0.717, 1.165) is 47.2 Å². The summed E-state index contributed by atoms with van der Waals surface area (Å²) in [4.78, 5) is 15.8. The Balaban J connectivity index is 1.77. The summed E-state index contributed by atoms with van der Waals surface area (Å²) in [6.07, 6.45) is 3.09. The average Bonchev–Trinajstić information content (AvgIpc) is 2.53. The normalized spacial score (nSPS) is 17.3. The lowest BCUT2D eigenvalue weighted by Gasteiger charge is -2.38. The molecule has 1 N–H and O–H groups in total. The van der Waals surface area contributed by atoms with Gasteiger partial charge < -0.3 is 10.0 Å². The monoisotopic (exact) mass is 312 g/mol. The Morgan fingerprint density at radius 3 is 2.13 bits per heavy atom. The third-order valence-electron chi connectivity index (χ3n) is 4.88. The lowest BCUT2D eigenvalue weighted by Crippen LogP contribution is -2.43. The van der Waals surface area contributed by atoms with E-state index in [-0.39, 0.29) is 0 Å². The van der Waals surface area contributed by atoms with Crippen LogP contribution in [0.3, 0.4) is 0 Å². The van der Waals surface area contributed by atoms with Crippen LogP contribution in [0, 0.1) is 27.7 Å². The highest BCUT2D eigenvalue weighted by Gasteiger charge is 2.36. The van der Waals surface area contributed by atoms with Gasteiger partial charge in [0.25, 0.3) is 0 Å². The fourth-order valence-electron chi connectivity index (χ4n) is 2.97. The van der Waals surface area contributed by atoms with Crippen LogP contribution in [0.5, 0.6) is 0 Å². The summed E-state index contributed by atoms with van der Waals surface area (Å²) in [5, 5.41) is 10.9. The highest BCUT2D eigenvalue weighted by atomic mass is 16.3. The van der Waals surface area contributed by atoms with Gasteiger partial charge in [-0.2, -0.15) is 0 Å². The predicted molar refractivity (Wildman–Crippen MR) is 90.6 cm³/mol. The third kappa shape index (κ3) is 3.06. The molecule has 1 aliphatic rings. The molecule has 3 heterocycles. The van der Waals surface area contributed by atoms with Gasteiger partial charge in [0.05, 0.1) is 5.69 Å². The molecule has 0 atom stereocenters. The Hall–Kier alpha value is -2.01. The number of piperidine rings is 1. The fraction of sp³-hybridized carbons (Fsp3) is 0.500. The van der Waals surface area contributed by atoms with Crippen molar-refractivity contribution < 1.29 is 5.11 Å². The maximum absolute atomic E-state index is 10.9. The third-order valence-corrected chi connectivity index (χ3v) is 4.88. The smallest absolute Gasteiger partial charge is 0.225 e. The molecule has 2 aromatic heterocycles. The molecule has 0 amide bonds. The van der Waals surface area contributed by atoms with Gasteiger partial charge in [-0.05, 0) is 57.7 Å². The van der Waals surface area contributed by atoms with Crippen molar-refractivity contribution in [1.82, 2.24) is 15.0 Å². The van der Waals surface area contributed by atoms with E-state index in [1.807, 2.05) is 46.0 Å². The van der Waals surface area contributed by atoms with Crippen molar-refractivity contribution in [3.8, 4) is 0 Å². The Morgan fingerprint density at radius 1 is 1.00 bits per heavy atom. The number of nitrogens with zero attached hydrogens (tertiary/aromatic N) is 4. The van der Waals surface area contributed by atoms with Crippen LogP contribution in [-0.4, -0.2) is 33.1 Å². The molecule has 0 spiro atoms. The number of pyridine rings is 1. The van der Waals surface area contributed by atoms with Gasteiger partial charge in [-0.25, -0.2) is 9.97 Å². The number of hydrogen-bond acceptors (Lipinski definition) is 5. The van der Waals surface area contributed by atoms with Gasteiger partial charge in [-0.15, -0.1) is 0 Å². The largest absolute Gasteiger partial charge is 0.383 e. The van der Waals surface area contributed by atoms with Crippen LogP contribution < -0.4 is 4.90 Å². The van der Waals surface area contributed by atoms with E-state index < -0.39 is 5.60 Å². The lowest BCUT2D eigenvalue weighted by atomic mass is 9.87. The molecule has 0 aliphatic carbocycles. The first-order valence-electron chi connectivity index (χ1n) is 8.11. The average molecular weight is 312 g/mol. The first-order chi connectivity index (χ1) is 10.9. The zero-order valence-corrected chi connectivity index (χ0v) is 14.3. The van der Waals surface area contributed by atoms with E-state index >= 15 is 0 Å². The summed E-state index contributed by atoms with van der Waals surface area (Å²) in [6, 6.07) is 3.93. The molecule has 1 saturated heterocycles. The van der Waals surface area contributed by atoms with Crippen molar-refractivity contribution in [2.24, 2.45) is 0 Å². The van der Waals surface area contributed by atoms with Crippen molar-refractivity contribution in [2.75, 3.05) is 18.0 Å². The van der Waals surface area contributed by atoms with E-state index in [1.54, 1.807) is 0 Å². The molecule has 5 heteroatoms. The van der Waals surface area contributed by atoms with Crippen LogP contribution in [0.15, 0.2) is 18.3 Å². The second-order valence-corrected chi connectivity index (χ2v) is 6.56. The van der Waals surface area contributed by atoms with Gasteiger partial charge in [0.2, 0.25) is 5.95 Å². The summed E-state index contributed by atoms with van der Waals surface area (Å²) in [5.74, 6) is 0.768. The van der Waals surface area contributed by atoms with Gasteiger partial charge >= 0.3 is 0 Å². The van der Waals surface area contributed by atoms with Crippen LogP contribution >= 0.6 is 0 Å². The van der Waals surface area contributed by atoms with E-state index in [1.165, 1.54) is 0 Å². The number of anilines is 1. The topological polar surface area (TPSA) is 62.1 Å². The van der Waals surface area contributed by atoms with Crippen molar-refractivity contribution in [1.29, 1.82) is 0 Å². The molecule has 2 aromatic rings. The van der Waals surface area contributed by atoms with E-state index in [9.17, 15) is 5.11 Å². The molecule has 5 nitrogen and oxygen atoms in total. The zero-order valence-electron chi connectivity index (χ0n) is 14.3. The van der Waals surface area contributed by atoms with Gasteiger partial charge in [0.15, 0.2) is 0 Å². The van der Waals surface area contributed by atoms with Crippen molar-refractivity contribution in [3.63, 3.8) is 0 Å². The van der Waals surface area contributed by atoms with Crippen LogP contribution in [0.2, 0.25) is 0 Å². The molecule has 1 fully saturated rings. The first kappa shape index (κ1) is 15.9.